The maximum Gasteiger partial charge on any atom is 0.411 e. The number of nitrogens with zero attached hydrogens (tertiary/aromatic N) is 1. The SMILES string of the molecule is [2H]C1([2H])COC2(C[C@@H](C(=O)OC)N(C(=O)OCc3ccccc3)C2)OC1. The van der Waals surface area contributed by atoms with Crippen molar-refractivity contribution in [3.8, 4) is 0 Å². The number of hydrogen-bond acceptors (Lipinski definition) is 6. The zero-order valence-electron chi connectivity index (χ0n) is 15.4. The molecule has 2 aliphatic heterocycles. The zero-order chi connectivity index (χ0) is 18.8. The first-order valence-corrected chi connectivity index (χ1v) is 7.67. The molecule has 1 amide bonds. The van der Waals surface area contributed by atoms with Gasteiger partial charge in [0, 0.05) is 9.16 Å². The number of benzene rings is 1. The molecule has 1 aromatic carbocycles. The molecule has 7 heteroatoms. The van der Waals surface area contributed by atoms with Gasteiger partial charge in [0.1, 0.15) is 12.6 Å². The van der Waals surface area contributed by atoms with Gasteiger partial charge in [-0.1, -0.05) is 30.3 Å². The molecule has 7 nitrogen and oxygen atoms in total. The molecule has 3 rings (SSSR count). The van der Waals surface area contributed by atoms with Crippen molar-refractivity contribution in [1.29, 1.82) is 0 Å². The Morgan fingerprint density at radius 3 is 2.71 bits per heavy atom. The Morgan fingerprint density at radius 2 is 2.04 bits per heavy atom. The Balaban J connectivity index is 1.69. The molecule has 0 radical (unpaired) electrons. The lowest BCUT2D eigenvalue weighted by Crippen LogP contribution is -2.44. The highest BCUT2D eigenvalue weighted by atomic mass is 16.7. The monoisotopic (exact) mass is 337 g/mol. The van der Waals surface area contributed by atoms with E-state index in [0.717, 1.165) is 5.56 Å². The number of methoxy groups -OCH3 is 1. The fraction of sp³-hybridized carbons (Fsp3) is 0.529. The molecule has 1 spiro atoms. The Bertz CT molecular complexity index is 658. The molecule has 0 aromatic heterocycles. The molecule has 0 aliphatic carbocycles. The van der Waals surface area contributed by atoms with E-state index in [-0.39, 0.29) is 32.8 Å². The molecular weight excluding hydrogens is 314 g/mol. The molecule has 24 heavy (non-hydrogen) atoms. The van der Waals surface area contributed by atoms with Crippen LogP contribution in [0.5, 0.6) is 0 Å². The third-order valence-electron chi connectivity index (χ3n) is 4.08. The highest BCUT2D eigenvalue weighted by Crippen LogP contribution is 2.35. The second kappa shape index (κ2) is 7.19. The fourth-order valence-corrected chi connectivity index (χ4v) is 2.84. The number of carbonyl (C=O) groups is 2. The van der Waals surface area contributed by atoms with Crippen LogP contribution in [0.1, 0.15) is 21.1 Å². The highest BCUT2D eigenvalue weighted by molar-refractivity contribution is 5.82. The van der Waals surface area contributed by atoms with Gasteiger partial charge in [-0.05, 0) is 11.9 Å². The topological polar surface area (TPSA) is 74.3 Å². The second-order valence-electron chi connectivity index (χ2n) is 5.65. The van der Waals surface area contributed by atoms with E-state index >= 15 is 0 Å². The number of carbonyl (C=O) groups excluding carboxylic acids is 2. The number of rotatable bonds is 3. The third kappa shape index (κ3) is 3.52. The van der Waals surface area contributed by atoms with Crippen molar-refractivity contribution in [3.05, 3.63) is 35.9 Å². The number of ether oxygens (including phenoxy) is 4. The second-order valence-corrected chi connectivity index (χ2v) is 5.65. The van der Waals surface area contributed by atoms with Crippen molar-refractivity contribution < 1.29 is 31.3 Å². The molecule has 0 saturated carbocycles. The van der Waals surface area contributed by atoms with E-state index in [0.29, 0.717) is 0 Å². The van der Waals surface area contributed by atoms with E-state index in [2.05, 4.69) is 0 Å². The Morgan fingerprint density at radius 1 is 1.33 bits per heavy atom. The number of esters is 1. The fourth-order valence-electron chi connectivity index (χ4n) is 2.84. The van der Waals surface area contributed by atoms with Crippen LogP contribution in [0.3, 0.4) is 0 Å². The molecule has 2 fully saturated rings. The number of hydrogen-bond donors (Lipinski definition) is 0. The summed E-state index contributed by atoms with van der Waals surface area (Å²) in [4.78, 5) is 25.8. The van der Waals surface area contributed by atoms with Crippen molar-refractivity contribution in [3.63, 3.8) is 0 Å². The van der Waals surface area contributed by atoms with E-state index in [4.69, 9.17) is 21.7 Å². The summed E-state index contributed by atoms with van der Waals surface area (Å²) in [5.41, 5.74) is 0.822. The van der Waals surface area contributed by atoms with E-state index < -0.39 is 30.3 Å². The predicted octanol–water partition coefficient (Wildman–Crippen LogP) is 1.70. The minimum Gasteiger partial charge on any atom is -0.467 e. The van der Waals surface area contributed by atoms with Gasteiger partial charge in [-0.25, -0.2) is 9.59 Å². The summed E-state index contributed by atoms with van der Waals surface area (Å²) in [6.45, 7) is -0.306. The van der Waals surface area contributed by atoms with Crippen molar-refractivity contribution in [2.24, 2.45) is 0 Å². The molecule has 1 aromatic rings. The first kappa shape index (κ1) is 14.2. The molecule has 130 valence electrons. The Kier molecular flexibility index (Phi) is 4.27. The lowest BCUT2D eigenvalue weighted by Gasteiger charge is -2.33. The van der Waals surface area contributed by atoms with Gasteiger partial charge in [-0.15, -0.1) is 0 Å². The van der Waals surface area contributed by atoms with Crippen LogP contribution in [-0.2, 0) is 30.3 Å². The maximum atomic E-state index is 12.5. The van der Waals surface area contributed by atoms with Crippen LogP contribution < -0.4 is 0 Å². The van der Waals surface area contributed by atoms with E-state index in [9.17, 15) is 9.59 Å². The Labute approximate surface area is 143 Å². The summed E-state index contributed by atoms with van der Waals surface area (Å²) in [5, 5.41) is 0. The predicted molar refractivity (Wildman–Crippen MR) is 83.0 cm³/mol. The smallest absolute Gasteiger partial charge is 0.411 e. The van der Waals surface area contributed by atoms with Crippen molar-refractivity contribution in [2.45, 2.75) is 31.2 Å². The average molecular weight is 337 g/mol. The maximum absolute atomic E-state index is 12.5. The standard InChI is InChI=1S/C17H21NO6/c1-21-15(19)14-10-17(23-8-5-9-24-17)12-18(14)16(20)22-11-13-6-3-2-4-7-13/h2-4,6-7,14H,5,8-12H2,1H3/t14-/m0/s1/i5D2. The number of likely N-dealkylation sites (tertiary alicyclic amines) is 1. The molecule has 0 N–H and O–H groups in total. The van der Waals surface area contributed by atoms with Crippen LogP contribution in [0, 0.1) is 0 Å². The van der Waals surface area contributed by atoms with Crippen LogP contribution in [0.4, 0.5) is 4.79 Å². The van der Waals surface area contributed by atoms with Gasteiger partial charge in [0.2, 0.25) is 0 Å². The normalized spacial score (nSPS) is 25.7. The van der Waals surface area contributed by atoms with E-state index in [1.54, 1.807) is 0 Å². The molecule has 2 saturated heterocycles. The van der Waals surface area contributed by atoms with Gasteiger partial charge in [0.05, 0.1) is 26.9 Å². The molecule has 1 atom stereocenters. The van der Waals surface area contributed by atoms with E-state index in [1.165, 1.54) is 12.0 Å². The molecule has 0 unspecified atom stereocenters. The average Bonchev–Trinajstić information content (AvgIpc) is 3.03. The highest BCUT2D eigenvalue weighted by Gasteiger charge is 2.52. The van der Waals surface area contributed by atoms with Crippen LogP contribution in [0.25, 0.3) is 0 Å². The largest absolute Gasteiger partial charge is 0.467 e. The quantitative estimate of drug-likeness (QED) is 0.782. The van der Waals surface area contributed by atoms with Crippen LogP contribution in [0.2, 0.25) is 0 Å². The summed E-state index contributed by atoms with van der Waals surface area (Å²) >= 11 is 0. The van der Waals surface area contributed by atoms with Crippen LogP contribution in [-0.4, -0.2) is 55.7 Å². The summed E-state index contributed by atoms with van der Waals surface area (Å²) < 4.78 is 36.5. The summed E-state index contributed by atoms with van der Waals surface area (Å²) in [6.07, 6.45) is -2.22. The minimum absolute atomic E-state index is 0.0313. The first-order valence-electron chi connectivity index (χ1n) is 8.67. The van der Waals surface area contributed by atoms with Gasteiger partial charge >= 0.3 is 12.1 Å². The first-order chi connectivity index (χ1) is 12.3. The van der Waals surface area contributed by atoms with Gasteiger partial charge in [0.25, 0.3) is 0 Å². The molecule has 0 bridgehead atoms. The summed E-state index contributed by atoms with van der Waals surface area (Å²) in [7, 11) is 1.24. The van der Waals surface area contributed by atoms with Gasteiger partial charge in [-0.3, -0.25) is 4.90 Å². The lowest BCUT2D eigenvalue weighted by atomic mass is 10.1. The summed E-state index contributed by atoms with van der Waals surface area (Å²) in [5.74, 6) is -1.82. The molecular formula is C17H21NO6. The van der Waals surface area contributed by atoms with Gasteiger partial charge in [0.15, 0.2) is 5.79 Å². The van der Waals surface area contributed by atoms with Crippen molar-refractivity contribution >= 4 is 12.1 Å². The van der Waals surface area contributed by atoms with Crippen molar-refractivity contribution in [2.75, 3.05) is 26.9 Å². The van der Waals surface area contributed by atoms with Crippen molar-refractivity contribution in [1.82, 2.24) is 4.90 Å². The summed E-state index contributed by atoms with van der Waals surface area (Å²) in [6, 6.07) is 8.27. The number of amides is 1. The van der Waals surface area contributed by atoms with Crippen LogP contribution in [0.15, 0.2) is 30.3 Å². The molecule has 2 heterocycles. The van der Waals surface area contributed by atoms with E-state index in [1.807, 2.05) is 30.3 Å². The Hall–Kier alpha value is -2.12. The third-order valence-corrected chi connectivity index (χ3v) is 4.08. The molecule has 2 aliphatic rings. The van der Waals surface area contributed by atoms with Gasteiger partial charge in [-0.2, -0.15) is 0 Å². The minimum atomic E-state index is -1.60. The lowest BCUT2D eigenvalue weighted by molar-refractivity contribution is -0.257. The zero-order valence-corrected chi connectivity index (χ0v) is 13.4. The van der Waals surface area contributed by atoms with Gasteiger partial charge < -0.3 is 18.9 Å². The van der Waals surface area contributed by atoms with Crippen LogP contribution >= 0.6 is 0 Å².